The van der Waals surface area contributed by atoms with Crippen molar-refractivity contribution in [2.45, 2.75) is 38.6 Å². The Kier molecular flexibility index (Phi) is 7.28. The van der Waals surface area contributed by atoms with Crippen LogP contribution in [0.25, 0.3) is 10.9 Å². The van der Waals surface area contributed by atoms with Gasteiger partial charge in [0.2, 0.25) is 11.7 Å². The van der Waals surface area contributed by atoms with Crippen molar-refractivity contribution in [3.63, 3.8) is 0 Å². The lowest BCUT2D eigenvalue weighted by Gasteiger charge is -2.40. The highest BCUT2D eigenvalue weighted by molar-refractivity contribution is 6.37. The van der Waals surface area contributed by atoms with E-state index >= 15 is 0 Å². The predicted molar refractivity (Wildman–Crippen MR) is 143 cm³/mol. The van der Waals surface area contributed by atoms with E-state index in [1.807, 2.05) is 31.2 Å². The number of nitrogens with one attached hydrogen (secondary N) is 1. The molecule has 1 N–H and O–H groups in total. The molecule has 0 spiro atoms. The number of H-pyrrole nitrogens is 1. The first-order valence-corrected chi connectivity index (χ1v) is 13.2. The van der Waals surface area contributed by atoms with E-state index in [2.05, 4.69) is 4.98 Å². The van der Waals surface area contributed by atoms with Gasteiger partial charge in [0.25, 0.3) is 11.6 Å². The molecular formula is C29H30N4O6. The summed E-state index contributed by atoms with van der Waals surface area (Å²) in [5, 5.41) is 11.9. The highest BCUT2D eigenvalue weighted by atomic mass is 16.6. The van der Waals surface area contributed by atoms with Crippen molar-refractivity contribution in [1.82, 2.24) is 14.8 Å². The number of non-ortho nitro benzene ring substituents is 1. The number of carbonyl (C=O) groups excluding carboxylic acids is 4. The van der Waals surface area contributed by atoms with Crippen LogP contribution in [0.2, 0.25) is 0 Å². The molecule has 2 heterocycles. The van der Waals surface area contributed by atoms with Crippen molar-refractivity contribution in [3.05, 3.63) is 76.0 Å². The van der Waals surface area contributed by atoms with Gasteiger partial charge in [-0.15, -0.1) is 0 Å². The third kappa shape index (κ3) is 5.59. The van der Waals surface area contributed by atoms with Crippen LogP contribution < -0.4 is 0 Å². The summed E-state index contributed by atoms with van der Waals surface area (Å²) in [5.74, 6) is -2.38. The molecule has 3 aromatic rings. The molecule has 1 aliphatic carbocycles. The molecule has 1 saturated heterocycles. The molecular weight excluding hydrogens is 500 g/mol. The summed E-state index contributed by atoms with van der Waals surface area (Å²) in [6.45, 7) is 2.79. The second kappa shape index (κ2) is 10.8. The number of nitro benzene ring substituents is 1. The SMILES string of the molecule is CC1CN(C(=O)C(=O)C(CC(=O)c2ccc([N+](=O)[O-])cc2)Cc2c[nH]c3ccccc23)CCN1C(=O)C1CC1. The zero-order valence-corrected chi connectivity index (χ0v) is 21.7. The van der Waals surface area contributed by atoms with Crippen LogP contribution in [-0.4, -0.2) is 68.8 Å². The van der Waals surface area contributed by atoms with E-state index in [1.165, 1.54) is 29.2 Å². The number of benzene rings is 2. The monoisotopic (exact) mass is 530 g/mol. The van der Waals surface area contributed by atoms with E-state index < -0.39 is 22.5 Å². The first kappa shape index (κ1) is 26.3. The van der Waals surface area contributed by atoms with Gasteiger partial charge in [-0.2, -0.15) is 0 Å². The Bertz CT molecular complexity index is 1440. The fraction of sp³-hybridized carbons (Fsp3) is 0.379. The zero-order valence-electron chi connectivity index (χ0n) is 21.7. The van der Waals surface area contributed by atoms with Gasteiger partial charge < -0.3 is 14.8 Å². The Morgan fingerprint density at radius 1 is 1.05 bits per heavy atom. The van der Waals surface area contributed by atoms with E-state index in [4.69, 9.17) is 0 Å². The van der Waals surface area contributed by atoms with Crippen molar-refractivity contribution in [2.75, 3.05) is 19.6 Å². The molecule has 2 aliphatic rings. The summed E-state index contributed by atoms with van der Waals surface area (Å²) in [5.41, 5.74) is 1.81. The lowest BCUT2D eigenvalue weighted by molar-refractivity contribution is -0.384. The van der Waals surface area contributed by atoms with Crippen LogP contribution in [0.1, 0.15) is 42.1 Å². The fourth-order valence-corrected chi connectivity index (χ4v) is 5.30. The Labute approximate surface area is 225 Å². The number of piperazine rings is 1. The van der Waals surface area contributed by atoms with Crippen LogP contribution in [0.4, 0.5) is 5.69 Å². The number of hydrogen-bond acceptors (Lipinski definition) is 6. The highest BCUT2D eigenvalue weighted by Crippen LogP contribution is 2.32. The van der Waals surface area contributed by atoms with Crippen LogP contribution in [-0.2, 0) is 20.8 Å². The quantitative estimate of drug-likeness (QED) is 0.195. The molecule has 1 aromatic heterocycles. The molecule has 2 fully saturated rings. The maximum absolute atomic E-state index is 13.6. The molecule has 10 nitrogen and oxygen atoms in total. The third-order valence-electron chi connectivity index (χ3n) is 7.68. The number of para-hydroxylation sites is 1. The number of Topliss-reactive ketones (excluding diaryl/α,β-unsaturated/α-hetero) is 2. The minimum absolute atomic E-state index is 0.0855. The molecule has 202 valence electrons. The molecule has 39 heavy (non-hydrogen) atoms. The first-order chi connectivity index (χ1) is 18.7. The van der Waals surface area contributed by atoms with E-state index in [0.717, 1.165) is 29.3 Å². The van der Waals surface area contributed by atoms with Gasteiger partial charge in [0, 0.05) is 78.7 Å². The number of aromatic amines is 1. The normalized spacial score (nSPS) is 18.1. The van der Waals surface area contributed by atoms with Gasteiger partial charge in [0.05, 0.1) is 4.92 Å². The fourth-order valence-electron chi connectivity index (χ4n) is 5.30. The second-order valence-corrected chi connectivity index (χ2v) is 10.5. The molecule has 2 amide bonds. The molecule has 10 heteroatoms. The van der Waals surface area contributed by atoms with Crippen molar-refractivity contribution in [1.29, 1.82) is 0 Å². The van der Waals surface area contributed by atoms with Crippen molar-refractivity contribution in [2.24, 2.45) is 11.8 Å². The van der Waals surface area contributed by atoms with Gasteiger partial charge in [-0.1, -0.05) is 18.2 Å². The standard InChI is InChI=1S/C29H30N4O6/c1-18-17-31(12-13-32(18)28(36)20-6-7-20)29(37)27(35)21(14-22-16-30-25-5-3-2-4-24(22)25)15-26(34)19-8-10-23(11-9-19)33(38)39/h2-5,8-11,16,18,20-21,30H,6-7,12-15,17H2,1H3. The first-order valence-electron chi connectivity index (χ1n) is 13.2. The Hall–Kier alpha value is -4.34. The summed E-state index contributed by atoms with van der Waals surface area (Å²) in [4.78, 5) is 69.7. The lowest BCUT2D eigenvalue weighted by Crippen LogP contribution is -2.57. The van der Waals surface area contributed by atoms with Crippen LogP contribution >= 0.6 is 0 Å². The second-order valence-electron chi connectivity index (χ2n) is 10.5. The Balaban J connectivity index is 1.34. The Morgan fingerprint density at radius 3 is 2.44 bits per heavy atom. The summed E-state index contributed by atoms with van der Waals surface area (Å²) in [7, 11) is 0. The molecule has 2 unspecified atom stereocenters. The van der Waals surface area contributed by atoms with Gasteiger partial charge >= 0.3 is 0 Å². The zero-order chi connectivity index (χ0) is 27.7. The minimum Gasteiger partial charge on any atom is -0.361 e. The van der Waals surface area contributed by atoms with Gasteiger partial charge in [0.1, 0.15) is 0 Å². The van der Waals surface area contributed by atoms with Gasteiger partial charge in [-0.05, 0) is 49.9 Å². The number of rotatable bonds is 9. The van der Waals surface area contributed by atoms with Crippen molar-refractivity contribution in [3.8, 4) is 0 Å². The molecule has 5 rings (SSSR count). The topological polar surface area (TPSA) is 134 Å². The number of nitrogens with zero attached hydrogens (tertiary/aromatic N) is 3. The number of hydrogen-bond donors (Lipinski definition) is 1. The van der Waals surface area contributed by atoms with E-state index in [9.17, 15) is 29.3 Å². The highest BCUT2D eigenvalue weighted by Gasteiger charge is 2.40. The number of carbonyl (C=O) groups is 4. The number of amides is 2. The largest absolute Gasteiger partial charge is 0.361 e. The van der Waals surface area contributed by atoms with Crippen molar-refractivity contribution >= 4 is 40.0 Å². The number of nitro groups is 1. The van der Waals surface area contributed by atoms with E-state index in [-0.39, 0.29) is 60.8 Å². The third-order valence-corrected chi connectivity index (χ3v) is 7.68. The van der Waals surface area contributed by atoms with Crippen LogP contribution in [0.15, 0.2) is 54.7 Å². The predicted octanol–water partition coefficient (Wildman–Crippen LogP) is 3.55. The van der Waals surface area contributed by atoms with Gasteiger partial charge in [0.15, 0.2) is 5.78 Å². The molecule has 2 atom stereocenters. The summed E-state index contributed by atoms with van der Waals surface area (Å²) >= 11 is 0. The Morgan fingerprint density at radius 2 is 1.77 bits per heavy atom. The molecule has 1 aliphatic heterocycles. The summed E-state index contributed by atoms with van der Waals surface area (Å²) < 4.78 is 0. The maximum atomic E-state index is 13.6. The molecule has 2 aromatic carbocycles. The van der Waals surface area contributed by atoms with Gasteiger partial charge in [-0.3, -0.25) is 29.3 Å². The average molecular weight is 531 g/mol. The number of fused-ring (bicyclic) bond motifs is 1. The van der Waals surface area contributed by atoms with Gasteiger partial charge in [-0.25, -0.2) is 0 Å². The number of ketones is 2. The number of aromatic nitrogens is 1. The smallest absolute Gasteiger partial charge is 0.290 e. The van der Waals surface area contributed by atoms with E-state index in [1.54, 1.807) is 11.1 Å². The molecule has 0 radical (unpaired) electrons. The summed E-state index contributed by atoms with van der Waals surface area (Å²) in [6, 6.07) is 12.6. The maximum Gasteiger partial charge on any atom is 0.290 e. The van der Waals surface area contributed by atoms with E-state index in [0.29, 0.717) is 6.54 Å². The average Bonchev–Trinajstić information content (AvgIpc) is 3.72. The van der Waals surface area contributed by atoms with Crippen LogP contribution in [0, 0.1) is 22.0 Å². The summed E-state index contributed by atoms with van der Waals surface area (Å²) in [6.07, 6.45) is 3.57. The van der Waals surface area contributed by atoms with Crippen LogP contribution in [0.3, 0.4) is 0 Å². The van der Waals surface area contributed by atoms with Crippen LogP contribution in [0.5, 0.6) is 0 Å². The molecule has 1 saturated carbocycles. The lowest BCUT2D eigenvalue weighted by atomic mass is 9.88. The van der Waals surface area contributed by atoms with Crippen molar-refractivity contribution < 1.29 is 24.1 Å². The minimum atomic E-state index is -0.916. The molecule has 0 bridgehead atoms.